The Bertz CT molecular complexity index is 1160. The van der Waals surface area contributed by atoms with Gasteiger partial charge in [-0.05, 0) is 75.9 Å². The van der Waals surface area contributed by atoms with Crippen LogP contribution in [0, 0.1) is 6.92 Å². The summed E-state index contributed by atoms with van der Waals surface area (Å²) in [5.74, 6) is 1.16. The van der Waals surface area contributed by atoms with Crippen molar-refractivity contribution in [3.8, 4) is 17.2 Å². The number of oxazole rings is 1. The van der Waals surface area contributed by atoms with Crippen LogP contribution < -0.4 is 10.1 Å². The minimum absolute atomic E-state index is 0.0296. The molecule has 0 saturated carbocycles. The van der Waals surface area contributed by atoms with Gasteiger partial charge in [0.15, 0.2) is 0 Å². The molecule has 2 aromatic carbocycles. The van der Waals surface area contributed by atoms with Crippen LogP contribution in [0.25, 0.3) is 11.5 Å². The molecular weight excluding hydrogens is 460 g/mol. The van der Waals surface area contributed by atoms with Gasteiger partial charge in [0.2, 0.25) is 5.89 Å². The molecule has 8 heteroatoms. The van der Waals surface area contributed by atoms with Crippen LogP contribution in [0.2, 0.25) is 0 Å². The Morgan fingerprint density at radius 1 is 1.03 bits per heavy atom. The number of hydrogen-bond acceptors (Lipinski definition) is 6. The van der Waals surface area contributed by atoms with Crippen molar-refractivity contribution in [2.24, 2.45) is 0 Å². The van der Waals surface area contributed by atoms with E-state index in [1.807, 2.05) is 55.5 Å². The van der Waals surface area contributed by atoms with E-state index in [-0.39, 0.29) is 6.42 Å². The fraction of sp³-hybridized carbons (Fsp3) is 0.393. The van der Waals surface area contributed by atoms with E-state index in [4.69, 9.17) is 19.0 Å². The lowest BCUT2D eigenvalue weighted by atomic mass is 10.00. The molecule has 1 aromatic heterocycles. The average Bonchev–Trinajstić information content (AvgIpc) is 3.18. The highest BCUT2D eigenvalue weighted by Crippen LogP contribution is 2.23. The topological polar surface area (TPSA) is 111 Å². The zero-order valence-corrected chi connectivity index (χ0v) is 21.3. The summed E-state index contributed by atoms with van der Waals surface area (Å²) in [5.41, 5.74) is 3.03. The number of amides is 1. The predicted octanol–water partition coefficient (Wildman–Crippen LogP) is 5.36. The Morgan fingerprint density at radius 3 is 2.47 bits per heavy atom. The second-order valence-corrected chi connectivity index (χ2v) is 9.49. The first-order valence-electron chi connectivity index (χ1n) is 12.1. The third kappa shape index (κ3) is 8.45. The molecule has 0 fully saturated rings. The lowest BCUT2D eigenvalue weighted by molar-refractivity contribution is -0.136. The molecule has 0 aliphatic rings. The molecule has 0 radical (unpaired) electrons. The summed E-state index contributed by atoms with van der Waals surface area (Å²) in [6.45, 7) is 8.08. The van der Waals surface area contributed by atoms with Crippen molar-refractivity contribution >= 4 is 12.1 Å². The Hall–Kier alpha value is -3.81. The predicted molar refractivity (Wildman–Crippen MR) is 136 cm³/mol. The van der Waals surface area contributed by atoms with E-state index < -0.39 is 17.7 Å². The summed E-state index contributed by atoms with van der Waals surface area (Å²) < 4.78 is 17.1. The minimum Gasteiger partial charge on any atom is -0.493 e. The molecule has 0 aliphatic heterocycles. The summed E-state index contributed by atoms with van der Waals surface area (Å²) in [5, 5.41) is 11.8. The molecule has 3 aromatic rings. The van der Waals surface area contributed by atoms with Gasteiger partial charge in [0.05, 0.1) is 12.3 Å². The van der Waals surface area contributed by atoms with Gasteiger partial charge in [0.1, 0.15) is 17.1 Å². The Balaban J connectivity index is 1.61. The Morgan fingerprint density at radius 2 is 1.78 bits per heavy atom. The van der Waals surface area contributed by atoms with Gasteiger partial charge in [-0.2, -0.15) is 0 Å². The molecule has 1 amide bonds. The lowest BCUT2D eigenvalue weighted by Crippen LogP contribution is -2.33. The summed E-state index contributed by atoms with van der Waals surface area (Å²) in [4.78, 5) is 27.6. The van der Waals surface area contributed by atoms with Crippen LogP contribution in [0.3, 0.4) is 0 Å². The SMILES string of the molecule is Cc1oc(-c2ccccc2)nc1CCOc1ccc(CCC(=O)O)c(CCNC(=O)OC(C)(C)C)c1. The molecule has 3 rings (SSSR count). The van der Waals surface area contributed by atoms with E-state index in [0.29, 0.717) is 44.1 Å². The normalized spacial score (nSPS) is 11.2. The maximum Gasteiger partial charge on any atom is 0.407 e. The number of aryl methyl sites for hydroxylation is 2. The summed E-state index contributed by atoms with van der Waals surface area (Å²) in [6, 6.07) is 15.4. The fourth-order valence-electron chi connectivity index (χ4n) is 3.65. The van der Waals surface area contributed by atoms with E-state index in [1.165, 1.54) is 0 Å². The molecule has 0 aliphatic carbocycles. The number of carboxylic acids is 1. The quantitative estimate of drug-likeness (QED) is 0.369. The van der Waals surface area contributed by atoms with Crippen molar-refractivity contribution in [3.63, 3.8) is 0 Å². The standard InChI is InChI=1S/C28H34N2O6/c1-19-24(30-26(35-19)21-8-6-5-7-9-21)15-17-34-23-12-10-20(11-13-25(31)32)22(18-23)14-16-29-27(33)36-28(2,3)4/h5-10,12,18H,11,13-17H2,1-4H3,(H,29,33)(H,31,32). The maximum absolute atomic E-state index is 12.0. The molecular formula is C28H34N2O6. The molecule has 8 nitrogen and oxygen atoms in total. The number of rotatable bonds is 11. The zero-order valence-electron chi connectivity index (χ0n) is 21.3. The number of hydrogen-bond donors (Lipinski definition) is 2. The van der Waals surface area contributed by atoms with Gasteiger partial charge in [-0.1, -0.05) is 24.3 Å². The smallest absolute Gasteiger partial charge is 0.407 e. The molecule has 0 atom stereocenters. The van der Waals surface area contributed by atoms with Crippen LogP contribution in [0.1, 0.15) is 49.8 Å². The fourth-order valence-corrected chi connectivity index (χ4v) is 3.65. The zero-order chi connectivity index (χ0) is 26.1. The highest BCUT2D eigenvalue weighted by molar-refractivity contribution is 5.68. The van der Waals surface area contributed by atoms with Crippen molar-refractivity contribution in [2.45, 2.75) is 59.0 Å². The van der Waals surface area contributed by atoms with Gasteiger partial charge >= 0.3 is 12.1 Å². The van der Waals surface area contributed by atoms with Gasteiger partial charge in [0.25, 0.3) is 0 Å². The molecule has 1 heterocycles. The first kappa shape index (κ1) is 26.8. The molecule has 2 N–H and O–H groups in total. The molecule has 0 bridgehead atoms. The number of nitrogens with zero attached hydrogens (tertiary/aromatic N) is 1. The number of nitrogens with one attached hydrogen (secondary N) is 1. The molecule has 192 valence electrons. The number of carbonyl (C=O) groups excluding carboxylic acids is 1. The van der Waals surface area contributed by atoms with E-state index in [9.17, 15) is 9.59 Å². The molecule has 36 heavy (non-hydrogen) atoms. The van der Waals surface area contributed by atoms with Gasteiger partial charge < -0.3 is 24.3 Å². The van der Waals surface area contributed by atoms with Crippen molar-refractivity contribution in [3.05, 3.63) is 71.1 Å². The van der Waals surface area contributed by atoms with E-state index >= 15 is 0 Å². The number of aromatic nitrogens is 1. The monoisotopic (exact) mass is 494 g/mol. The van der Waals surface area contributed by atoms with Gasteiger partial charge in [-0.25, -0.2) is 9.78 Å². The summed E-state index contributed by atoms with van der Waals surface area (Å²) >= 11 is 0. The van der Waals surface area contributed by atoms with E-state index in [1.54, 1.807) is 20.8 Å². The van der Waals surface area contributed by atoms with Crippen molar-refractivity contribution in [2.75, 3.05) is 13.2 Å². The largest absolute Gasteiger partial charge is 0.493 e. The van der Waals surface area contributed by atoms with Crippen molar-refractivity contribution < 1.29 is 28.6 Å². The maximum atomic E-state index is 12.0. The third-order valence-corrected chi connectivity index (χ3v) is 5.37. The summed E-state index contributed by atoms with van der Waals surface area (Å²) in [7, 11) is 0. The van der Waals surface area contributed by atoms with Crippen LogP contribution in [0.15, 0.2) is 52.9 Å². The van der Waals surface area contributed by atoms with Gasteiger partial charge in [-0.15, -0.1) is 0 Å². The number of benzene rings is 2. The van der Waals surface area contributed by atoms with Crippen LogP contribution >= 0.6 is 0 Å². The third-order valence-electron chi connectivity index (χ3n) is 5.37. The first-order chi connectivity index (χ1) is 17.1. The Labute approximate surface area is 211 Å². The Kier molecular flexibility index (Phi) is 9.11. The van der Waals surface area contributed by atoms with Crippen molar-refractivity contribution in [1.82, 2.24) is 10.3 Å². The average molecular weight is 495 g/mol. The summed E-state index contributed by atoms with van der Waals surface area (Å²) in [6.07, 6.45) is 1.05. The highest BCUT2D eigenvalue weighted by atomic mass is 16.6. The number of ether oxygens (including phenoxy) is 2. The first-order valence-corrected chi connectivity index (χ1v) is 12.1. The van der Waals surface area contributed by atoms with Gasteiger partial charge in [0, 0.05) is 24.9 Å². The molecule has 0 saturated heterocycles. The van der Waals surface area contributed by atoms with Crippen LogP contribution in [-0.4, -0.2) is 40.9 Å². The number of aliphatic carboxylic acids is 1. The second kappa shape index (κ2) is 12.2. The van der Waals surface area contributed by atoms with Gasteiger partial charge in [-0.3, -0.25) is 4.79 Å². The van der Waals surface area contributed by atoms with Crippen LogP contribution in [0.4, 0.5) is 4.79 Å². The van der Waals surface area contributed by atoms with Crippen molar-refractivity contribution in [1.29, 1.82) is 0 Å². The minimum atomic E-state index is -0.856. The van der Waals surface area contributed by atoms with Crippen LogP contribution in [0.5, 0.6) is 5.75 Å². The van der Waals surface area contributed by atoms with E-state index in [2.05, 4.69) is 10.3 Å². The number of carbonyl (C=O) groups is 2. The second-order valence-electron chi connectivity index (χ2n) is 9.49. The highest BCUT2D eigenvalue weighted by Gasteiger charge is 2.16. The van der Waals surface area contributed by atoms with E-state index in [0.717, 1.165) is 28.1 Å². The van der Waals surface area contributed by atoms with Crippen LogP contribution in [-0.2, 0) is 28.8 Å². The molecule has 0 spiro atoms. The molecule has 0 unspecified atom stereocenters. The lowest BCUT2D eigenvalue weighted by Gasteiger charge is -2.20. The number of alkyl carbamates (subject to hydrolysis) is 1. The number of carboxylic acid groups (broad SMARTS) is 1.